The van der Waals surface area contributed by atoms with E-state index in [0.717, 1.165) is 104 Å². The van der Waals surface area contributed by atoms with E-state index in [2.05, 4.69) is 94.9 Å². The lowest BCUT2D eigenvalue weighted by molar-refractivity contribution is 1.07. The summed E-state index contributed by atoms with van der Waals surface area (Å²) in [4.78, 5) is 43.7. The SMILES string of the molecule is c1ccc2cc(-c3nc(-c4ccc(-c5cncnc5)cc4)nc(-c4cc(-c5c6cccnc6cc6cccnc56)cc(-c5c6cccnc6cc6cccnc56)c4)n3)ccc2c1. The molecule has 0 radical (unpaired) electrons. The minimum Gasteiger partial charge on any atom is -0.256 e. The van der Waals surface area contributed by atoms with Crippen LogP contribution in [0.2, 0.25) is 0 Å². The van der Waals surface area contributed by atoms with Crippen molar-refractivity contribution >= 4 is 54.4 Å². The van der Waals surface area contributed by atoms with Gasteiger partial charge in [-0.1, -0.05) is 84.9 Å². The molecule has 6 aromatic heterocycles. The highest BCUT2D eigenvalue weighted by atomic mass is 15.0. The maximum Gasteiger partial charge on any atom is 0.164 e. The van der Waals surface area contributed by atoms with E-state index in [1.54, 1.807) is 12.4 Å². The summed E-state index contributed by atoms with van der Waals surface area (Å²) in [5.41, 5.74) is 11.8. The summed E-state index contributed by atoms with van der Waals surface area (Å²) in [6.45, 7) is 0. The quantitative estimate of drug-likeness (QED) is 0.152. The molecule has 0 saturated heterocycles. The van der Waals surface area contributed by atoms with Gasteiger partial charge < -0.3 is 0 Å². The van der Waals surface area contributed by atoms with Crippen LogP contribution in [-0.4, -0.2) is 44.9 Å². The molecule has 0 aliphatic rings. The molecule has 0 spiro atoms. The fraction of sp³-hybridized carbons (Fsp3) is 0. The van der Waals surface area contributed by atoms with Crippen molar-refractivity contribution in [2.75, 3.05) is 0 Å². The van der Waals surface area contributed by atoms with Gasteiger partial charge in [-0.15, -0.1) is 0 Å². The Labute approximate surface area is 354 Å². The Morgan fingerprint density at radius 2 is 0.790 bits per heavy atom. The third-order valence-corrected chi connectivity index (χ3v) is 11.4. The summed E-state index contributed by atoms with van der Waals surface area (Å²) in [6.07, 6.45) is 12.5. The summed E-state index contributed by atoms with van der Waals surface area (Å²) in [5.74, 6) is 1.63. The Morgan fingerprint density at radius 1 is 0.306 bits per heavy atom. The molecule has 9 heteroatoms. The van der Waals surface area contributed by atoms with Crippen LogP contribution in [-0.2, 0) is 0 Å². The smallest absolute Gasteiger partial charge is 0.164 e. The molecule has 0 aliphatic heterocycles. The van der Waals surface area contributed by atoms with Gasteiger partial charge in [0.2, 0.25) is 0 Å². The predicted octanol–water partition coefficient (Wildman–Crippen LogP) is 12.0. The van der Waals surface area contributed by atoms with Crippen LogP contribution in [0.3, 0.4) is 0 Å². The number of aromatic nitrogens is 9. The van der Waals surface area contributed by atoms with Gasteiger partial charge in [0.25, 0.3) is 0 Å². The first kappa shape index (κ1) is 35.3. The van der Waals surface area contributed by atoms with Crippen LogP contribution >= 0.6 is 0 Å². The Morgan fingerprint density at radius 3 is 1.42 bits per heavy atom. The zero-order chi connectivity index (χ0) is 41.0. The van der Waals surface area contributed by atoms with Crippen LogP contribution in [0.25, 0.3) is 122 Å². The van der Waals surface area contributed by atoms with Crippen molar-refractivity contribution in [2.24, 2.45) is 0 Å². The van der Waals surface area contributed by atoms with Gasteiger partial charge in [0, 0.05) is 92.1 Å². The lowest BCUT2D eigenvalue weighted by Gasteiger charge is -2.16. The van der Waals surface area contributed by atoms with Crippen molar-refractivity contribution in [1.82, 2.24) is 44.9 Å². The number of nitrogens with zero attached hydrogens (tertiary/aromatic N) is 9. The zero-order valence-corrected chi connectivity index (χ0v) is 32.9. The molecule has 0 N–H and O–H groups in total. The molecule has 288 valence electrons. The Balaban J connectivity index is 1.15. The fourth-order valence-corrected chi connectivity index (χ4v) is 8.51. The minimum absolute atomic E-state index is 0.521. The second kappa shape index (κ2) is 14.5. The molecule has 0 unspecified atom stereocenters. The first-order valence-corrected chi connectivity index (χ1v) is 20.2. The standard InChI is InChI=1S/C53H31N9/c1-2-8-35-23-38(18-15-32(35)7-1)52-60-51(34-16-13-33(14-17-34)42-29-54-31-55-30-42)61-53(62-52)41-25-39(47-43-11-5-19-56-45(43)27-36-9-3-21-58-49(36)47)24-40(26-41)48-44-12-6-20-57-46(44)28-37-10-4-22-59-50(37)48/h1-31H. The highest BCUT2D eigenvalue weighted by Crippen LogP contribution is 2.42. The van der Waals surface area contributed by atoms with Gasteiger partial charge in [0.05, 0.1) is 22.1 Å². The largest absolute Gasteiger partial charge is 0.256 e. The average Bonchev–Trinajstić information content (AvgIpc) is 3.34. The van der Waals surface area contributed by atoms with E-state index in [1.165, 1.54) is 6.33 Å². The van der Waals surface area contributed by atoms with Crippen molar-refractivity contribution in [3.8, 4) is 67.5 Å². The van der Waals surface area contributed by atoms with Crippen molar-refractivity contribution in [2.45, 2.75) is 0 Å². The predicted molar refractivity (Wildman–Crippen MR) is 247 cm³/mol. The average molecular weight is 794 g/mol. The highest BCUT2D eigenvalue weighted by molar-refractivity contribution is 6.13. The van der Waals surface area contributed by atoms with Crippen LogP contribution < -0.4 is 0 Å². The van der Waals surface area contributed by atoms with Gasteiger partial charge in [-0.25, -0.2) is 24.9 Å². The maximum atomic E-state index is 5.30. The second-order valence-corrected chi connectivity index (χ2v) is 15.2. The van der Waals surface area contributed by atoms with Gasteiger partial charge in [0.15, 0.2) is 17.5 Å². The van der Waals surface area contributed by atoms with Crippen LogP contribution in [0.4, 0.5) is 0 Å². The Hall–Kier alpha value is -8.69. The second-order valence-electron chi connectivity index (χ2n) is 15.2. The van der Waals surface area contributed by atoms with Gasteiger partial charge in [-0.2, -0.15) is 0 Å². The van der Waals surface area contributed by atoms with Crippen molar-refractivity contribution < 1.29 is 0 Å². The monoisotopic (exact) mass is 793 g/mol. The third-order valence-electron chi connectivity index (χ3n) is 11.4. The number of rotatable bonds is 6. The Bertz CT molecular complexity index is 3460. The summed E-state index contributed by atoms with van der Waals surface area (Å²) >= 11 is 0. The maximum absolute atomic E-state index is 5.30. The summed E-state index contributed by atoms with van der Waals surface area (Å²) in [6, 6.07) is 49.9. The summed E-state index contributed by atoms with van der Waals surface area (Å²) < 4.78 is 0. The zero-order valence-electron chi connectivity index (χ0n) is 32.9. The van der Waals surface area contributed by atoms with E-state index >= 15 is 0 Å². The first-order valence-electron chi connectivity index (χ1n) is 20.2. The lowest BCUT2D eigenvalue weighted by Crippen LogP contribution is -2.01. The summed E-state index contributed by atoms with van der Waals surface area (Å²) in [5, 5.41) is 6.20. The fourth-order valence-electron chi connectivity index (χ4n) is 8.51. The number of fused-ring (bicyclic) bond motifs is 5. The molecule has 9 nitrogen and oxygen atoms in total. The topological polar surface area (TPSA) is 116 Å². The van der Waals surface area contributed by atoms with Crippen molar-refractivity contribution in [3.05, 3.63) is 189 Å². The molecule has 0 amide bonds. The van der Waals surface area contributed by atoms with Crippen LogP contribution in [0, 0.1) is 0 Å². The van der Waals surface area contributed by atoms with Crippen LogP contribution in [0.1, 0.15) is 0 Å². The number of hydrogen-bond acceptors (Lipinski definition) is 9. The Kier molecular flexibility index (Phi) is 8.27. The van der Waals surface area contributed by atoms with E-state index in [-0.39, 0.29) is 0 Å². The molecule has 0 fully saturated rings. The molecule has 12 aromatic rings. The number of benzene rings is 6. The van der Waals surface area contributed by atoms with Gasteiger partial charge >= 0.3 is 0 Å². The molecule has 0 atom stereocenters. The molecule has 6 heterocycles. The molecular weight excluding hydrogens is 763 g/mol. The molecular formula is C53H31N9. The van der Waals surface area contributed by atoms with Gasteiger partial charge in [-0.05, 0) is 88.1 Å². The van der Waals surface area contributed by atoms with E-state index < -0.39 is 0 Å². The molecule has 12 rings (SSSR count). The highest BCUT2D eigenvalue weighted by Gasteiger charge is 2.20. The minimum atomic E-state index is 0.521. The third kappa shape index (κ3) is 6.15. The van der Waals surface area contributed by atoms with Crippen molar-refractivity contribution in [1.29, 1.82) is 0 Å². The number of pyridine rings is 4. The lowest BCUT2D eigenvalue weighted by atomic mass is 9.90. The van der Waals surface area contributed by atoms with Gasteiger partial charge in [-0.3, -0.25) is 19.9 Å². The van der Waals surface area contributed by atoms with Gasteiger partial charge in [0.1, 0.15) is 6.33 Å². The van der Waals surface area contributed by atoms with E-state index in [0.29, 0.717) is 17.5 Å². The molecule has 0 saturated carbocycles. The van der Waals surface area contributed by atoms with Crippen molar-refractivity contribution in [3.63, 3.8) is 0 Å². The van der Waals surface area contributed by atoms with E-state index in [9.17, 15) is 0 Å². The van der Waals surface area contributed by atoms with E-state index in [4.69, 9.17) is 34.9 Å². The molecule has 0 bridgehead atoms. The van der Waals surface area contributed by atoms with Crippen LogP contribution in [0.15, 0.2) is 189 Å². The normalized spacial score (nSPS) is 11.5. The first-order chi connectivity index (χ1) is 30.7. The molecule has 62 heavy (non-hydrogen) atoms. The van der Waals surface area contributed by atoms with Crippen LogP contribution in [0.5, 0.6) is 0 Å². The van der Waals surface area contributed by atoms with E-state index in [1.807, 2.05) is 85.5 Å². The summed E-state index contributed by atoms with van der Waals surface area (Å²) in [7, 11) is 0. The number of hydrogen-bond donors (Lipinski definition) is 0. The molecule has 6 aromatic carbocycles. The molecule has 0 aliphatic carbocycles.